The van der Waals surface area contributed by atoms with Gasteiger partial charge in [-0.25, -0.2) is 9.97 Å². The molecule has 0 bridgehead atoms. The Morgan fingerprint density at radius 3 is 2.37 bits per heavy atom. The van der Waals surface area contributed by atoms with Crippen LogP contribution in [0, 0.1) is 0 Å². The lowest BCUT2D eigenvalue weighted by Crippen LogP contribution is -2.46. The van der Waals surface area contributed by atoms with Crippen LogP contribution in [0.4, 0.5) is 10.3 Å². The third kappa shape index (κ3) is 3.16. The monoisotopic (exact) mass is 414 g/mol. The van der Waals surface area contributed by atoms with Crippen molar-refractivity contribution in [2.24, 2.45) is 0 Å². The molecule has 5 rings (SSSR count). The van der Waals surface area contributed by atoms with Crippen molar-refractivity contribution in [3.05, 3.63) is 47.0 Å². The van der Waals surface area contributed by atoms with E-state index in [-0.39, 0.29) is 0 Å². The summed E-state index contributed by atoms with van der Waals surface area (Å²) >= 11 is 9.64. The Morgan fingerprint density at radius 1 is 0.926 bits per heavy atom. The highest BCUT2D eigenvalue weighted by molar-refractivity contribution is 7.22. The van der Waals surface area contributed by atoms with E-state index in [0.717, 1.165) is 58.1 Å². The fraction of sp³-hybridized carbons (Fsp3) is 0.300. The highest BCUT2D eigenvalue weighted by atomic mass is 35.5. The predicted molar refractivity (Wildman–Crippen MR) is 118 cm³/mol. The number of halogens is 1. The van der Waals surface area contributed by atoms with Crippen molar-refractivity contribution < 1.29 is 0 Å². The van der Waals surface area contributed by atoms with Crippen LogP contribution in [0.1, 0.15) is 12.5 Å². The number of para-hydroxylation sites is 1. The van der Waals surface area contributed by atoms with Gasteiger partial charge < -0.3 is 9.80 Å². The van der Waals surface area contributed by atoms with E-state index >= 15 is 0 Å². The lowest BCUT2D eigenvalue weighted by Gasteiger charge is -2.34. The zero-order chi connectivity index (χ0) is 18.4. The minimum atomic E-state index is 0.768. The van der Waals surface area contributed by atoms with Gasteiger partial charge in [-0.2, -0.15) is 0 Å². The first-order chi connectivity index (χ1) is 13.2. The van der Waals surface area contributed by atoms with E-state index in [0.29, 0.717) is 0 Å². The molecule has 1 fully saturated rings. The Bertz CT molecular complexity index is 1110. The van der Waals surface area contributed by atoms with Gasteiger partial charge in [-0.15, -0.1) is 0 Å². The zero-order valence-electron chi connectivity index (χ0n) is 15.0. The largest absolute Gasteiger partial charge is 0.345 e. The molecule has 0 aliphatic carbocycles. The number of rotatable bonds is 3. The molecule has 1 aliphatic rings. The fourth-order valence-corrected chi connectivity index (χ4v) is 5.88. The van der Waals surface area contributed by atoms with E-state index in [1.54, 1.807) is 22.7 Å². The molecule has 7 heteroatoms. The van der Waals surface area contributed by atoms with Crippen LogP contribution in [0.3, 0.4) is 0 Å². The van der Waals surface area contributed by atoms with Gasteiger partial charge in [0.15, 0.2) is 10.3 Å². The van der Waals surface area contributed by atoms with Crippen molar-refractivity contribution in [3.8, 4) is 0 Å². The normalized spacial score (nSPS) is 15.2. The molecule has 0 saturated carbocycles. The van der Waals surface area contributed by atoms with Crippen LogP contribution < -0.4 is 9.80 Å². The summed E-state index contributed by atoms with van der Waals surface area (Å²) in [7, 11) is 0. The summed E-state index contributed by atoms with van der Waals surface area (Å²) in [6, 6.07) is 12.4. The van der Waals surface area contributed by atoms with Crippen molar-refractivity contribution in [2.75, 3.05) is 36.0 Å². The first-order valence-corrected chi connectivity index (χ1v) is 11.2. The third-order valence-corrected chi connectivity index (χ3v) is 7.43. The van der Waals surface area contributed by atoms with E-state index in [4.69, 9.17) is 21.6 Å². The molecule has 4 nitrogen and oxygen atoms in total. The number of aryl methyl sites for hydroxylation is 1. The molecule has 3 heterocycles. The standard InChI is InChI=1S/C20H19ClN4S2/c1-2-13-4-3-5-16-18(13)23-20(26-16)25-10-8-24(9-11-25)19-22-15-7-6-14(21)12-17(15)27-19/h3-7,12H,2,8-11H2,1H3. The second kappa shape index (κ2) is 6.93. The molecule has 2 aromatic heterocycles. The molecule has 138 valence electrons. The minimum absolute atomic E-state index is 0.768. The van der Waals surface area contributed by atoms with Crippen LogP contribution in [0.25, 0.3) is 20.4 Å². The molecule has 2 aromatic carbocycles. The van der Waals surface area contributed by atoms with Crippen LogP contribution in [0.15, 0.2) is 36.4 Å². The van der Waals surface area contributed by atoms with E-state index in [1.165, 1.54) is 15.8 Å². The number of fused-ring (bicyclic) bond motifs is 2. The first kappa shape index (κ1) is 17.2. The van der Waals surface area contributed by atoms with Crippen molar-refractivity contribution in [2.45, 2.75) is 13.3 Å². The number of thiazole rings is 2. The first-order valence-electron chi connectivity index (χ1n) is 9.15. The quantitative estimate of drug-likeness (QED) is 0.446. The van der Waals surface area contributed by atoms with Crippen LogP contribution in [0.5, 0.6) is 0 Å². The third-order valence-electron chi connectivity index (χ3n) is 5.03. The highest BCUT2D eigenvalue weighted by Gasteiger charge is 2.22. The Morgan fingerprint density at radius 2 is 1.63 bits per heavy atom. The Kier molecular flexibility index (Phi) is 4.42. The summed E-state index contributed by atoms with van der Waals surface area (Å²) in [6.45, 7) is 6.06. The topological polar surface area (TPSA) is 32.3 Å². The smallest absolute Gasteiger partial charge is 0.186 e. The van der Waals surface area contributed by atoms with Crippen molar-refractivity contribution in [1.29, 1.82) is 0 Å². The van der Waals surface area contributed by atoms with Gasteiger partial charge in [-0.3, -0.25) is 0 Å². The van der Waals surface area contributed by atoms with Gasteiger partial charge >= 0.3 is 0 Å². The molecule has 0 radical (unpaired) electrons. The van der Waals surface area contributed by atoms with Crippen molar-refractivity contribution in [1.82, 2.24) is 9.97 Å². The molecule has 1 saturated heterocycles. The van der Waals surface area contributed by atoms with Gasteiger partial charge in [0.05, 0.1) is 20.4 Å². The Labute approximate surface area is 171 Å². The average Bonchev–Trinajstić information content (AvgIpc) is 3.31. The summed E-state index contributed by atoms with van der Waals surface area (Å²) in [5.41, 5.74) is 3.53. The van der Waals surface area contributed by atoms with E-state index in [9.17, 15) is 0 Å². The molecule has 0 unspecified atom stereocenters. The molecule has 4 aromatic rings. The minimum Gasteiger partial charge on any atom is -0.345 e. The maximum absolute atomic E-state index is 6.11. The Hall–Kier alpha value is -1.89. The molecule has 0 N–H and O–H groups in total. The maximum atomic E-state index is 6.11. The number of benzene rings is 2. The summed E-state index contributed by atoms with van der Waals surface area (Å²) in [5, 5.41) is 3.00. The number of piperazine rings is 1. The maximum Gasteiger partial charge on any atom is 0.186 e. The summed E-state index contributed by atoms with van der Waals surface area (Å²) in [6.07, 6.45) is 1.02. The van der Waals surface area contributed by atoms with Gasteiger partial charge in [0.2, 0.25) is 0 Å². The molecule has 27 heavy (non-hydrogen) atoms. The van der Waals surface area contributed by atoms with E-state index in [2.05, 4.69) is 34.9 Å². The van der Waals surface area contributed by atoms with Gasteiger partial charge in [0.1, 0.15) is 0 Å². The van der Waals surface area contributed by atoms with Gasteiger partial charge in [-0.05, 0) is 36.2 Å². The summed E-state index contributed by atoms with van der Waals surface area (Å²) in [5.74, 6) is 0. The van der Waals surface area contributed by atoms with Crippen LogP contribution in [0.2, 0.25) is 5.02 Å². The second-order valence-electron chi connectivity index (χ2n) is 6.70. The van der Waals surface area contributed by atoms with Crippen LogP contribution in [-0.2, 0) is 6.42 Å². The van der Waals surface area contributed by atoms with Gasteiger partial charge in [0, 0.05) is 31.2 Å². The fourth-order valence-electron chi connectivity index (χ4n) is 3.52. The van der Waals surface area contributed by atoms with Gasteiger partial charge in [-0.1, -0.05) is 53.3 Å². The highest BCUT2D eigenvalue weighted by Crippen LogP contribution is 2.34. The number of anilines is 2. The van der Waals surface area contributed by atoms with Crippen LogP contribution in [-0.4, -0.2) is 36.1 Å². The van der Waals surface area contributed by atoms with Crippen molar-refractivity contribution >= 4 is 65.0 Å². The number of nitrogens with zero attached hydrogens (tertiary/aromatic N) is 4. The zero-order valence-corrected chi connectivity index (χ0v) is 17.4. The van der Waals surface area contributed by atoms with E-state index < -0.39 is 0 Å². The lowest BCUT2D eigenvalue weighted by atomic mass is 10.1. The van der Waals surface area contributed by atoms with E-state index in [1.807, 2.05) is 18.2 Å². The number of hydrogen-bond donors (Lipinski definition) is 0. The molecule has 0 spiro atoms. The molecule has 1 aliphatic heterocycles. The average molecular weight is 415 g/mol. The number of aromatic nitrogens is 2. The second-order valence-corrected chi connectivity index (χ2v) is 9.15. The van der Waals surface area contributed by atoms with Crippen LogP contribution >= 0.6 is 34.3 Å². The molecule has 0 amide bonds. The summed E-state index contributed by atoms with van der Waals surface area (Å²) in [4.78, 5) is 14.5. The molecular weight excluding hydrogens is 396 g/mol. The Balaban J connectivity index is 1.35. The predicted octanol–water partition coefficient (Wildman–Crippen LogP) is 5.45. The van der Waals surface area contributed by atoms with Gasteiger partial charge in [0.25, 0.3) is 0 Å². The SMILES string of the molecule is CCc1cccc2sc(N3CCN(c4nc5ccc(Cl)cc5s4)CC3)nc12. The number of hydrogen-bond acceptors (Lipinski definition) is 6. The van der Waals surface area contributed by atoms with Crippen molar-refractivity contribution in [3.63, 3.8) is 0 Å². The lowest BCUT2D eigenvalue weighted by molar-refractivity contribution is 0.651. The molecule has 0 atom stereocenters. The summed E-state index contributed by atoms with van der Waals surface area (Å²) < 4.78 is 2.44. The molecular formula is C20H19ClN4S2.